The lowest BCUT2D eigenvalue weighted by atomic mass is 10.1. The summed E-state index contributed by atoms with van der Waals surface area (Å²) in [6, 6.07) is 5.25. The number of anilines is 1. The molecule has 0 bridgehead atoms. The molecular formula is C16H19ClN2O4S. The summed E-state index contributed by atoms with van der Waals surface area (Å²) in [7, 11) is 2.92. The number of benzene rings is 1. The minimum absolute atomic E-state index is 0.0585. The van der Waals surface area contributed by atoms with Gasteiger partial charge in [0.2, 0.25) is 11.8 Å². The number of hydrogen-bond donors (Lipinski definition) is 1. The summed E-state index contributed by atoms with van der Waals surface area (Å²) in [6.45, 7) is 1.94. The van der Waals surface area contributed by atoms with Crippen LogP contribution in [0.2, 0.25) is 5.02 Å². The molecule has 1 N–H and O–H groups in total. The average molecular weight is 371 g/mol. The van der Waals surface area contributed by atoms with Crippen LogP contribution in [0.1, 0.15) is 13.3 Å². The van der Waals surface area contributed by atoms with Crippen LogP contribution in [0.25, 0.3) is 0 Å². The van der Waals surface area contributed by atoms with Crippen LogP contribution in [0.5, 0.6) is 0 Å². The van der Waals surface area contributed by atoms with E-state index in [1.807, 2.05) is 6.07 Å². The molecule has 0 aromatic heterocycles. The van der Waals surface area contributed by atoms with E-state index < -0.39 is 11.2 Å². The minimum atomic E-state index is -0.512. The molecule has 2 unspecified atom stereocenters. The van der Waals surface area contributed by atoms with Crippen molar-refractivity contribution >= 4 is 46.8 Å². The molecule has 1 aliphatic heterocycles. The fourth-order valence-corrected chi connectivity index (χ4v) is 3.61. The molecular weight excluding hydrogens is 352 g/mol. The predicted molar refractivity (Wildman–Crippen MR) is 93.2 cm³/mol. The van der Waals surface area contributed by atoms with Crippen molar-refractivity contribution in [2.45, 2.75) is 23.5 Å². The molecule has 1 aliphatic rings. The van der Waals surface area contributed by atoms with Crippen molar-refractivity contribution in [2.24, 2.45) is 5.92 Å². The van der Waals surface area contributed by atoms with Crippen LogP contribution < -0.4 is 5.32 Å². The summed E-state index contributed by atoms with van der Waals surface area (Å²) in [5.41, 5.74) is 0.661. The fourth-order valence-electron chi connectivity index (χ4n) is 2.36. The van der Waals surface area contributed by atoms with E-state index in [1.54, 1.807) is 26.1 Å². The first-order valence-electron chi connectivity index (χ1n) is 7.40. The number of fused-ring (bicyclic) bond motifs is 1. The Kier molecular flexibility index (Phi) is 6.12. The van der Waals surface area contributed by atoms with Gasteiger partial charge in [-0.05, 0) is 18.2 Å². The highest BCUT2D eigenvalue weighted by Crippen LogP contribution is 2.38. The van der Waals surface area contributed by atoms with Crippen LogP contribution in [-0.2, 0) is 19.1 Å². The van der Waals surface area contributed by atoms with Crippen LogP contribution in [0.15, 0.2) is 23.1 Å². The van der Waals surface area contributed by atoms with Crippen LogP contribution in [0, 0.1) is 5.92 Å². The number of esters is 1. The zero-order valence-corrected chi connectivity index (χ0v) is 15.2. The minimum Gasteiger partial charge on any atom is -0.469 e. The van der Waals surface area contributed by atoms with Crippen LogP contribution >= 0.6 is 23.4 Å². The van der Waals surface area contributed by atoms with Gasteiger partial charge in [0.15, 0.2) is 0 Å². The number of carbonyl (C=O) groups excluding carboxylic acids is 3. The van der Waals surface area contributed by atoms with E-state index in [-0.39, 0.29) is 30.7 Å². The number of nitrogens with zero attached hydrogens (tertiary/aromatic N) is 1. The topological polar surface area (TPSA) is 75.7 Å². The van der Waals surface area contributed by atoms with Gasteiger partial charge in [-0.1, -0.05) is 18.5 Å². The Morgan fingerprint density at radius 1 is 1.46 bits per heavy atom. The van der Waals surface area contributed by atoms with Gasteiger partial charge in [-0.3, -0.25) is 14.4 Å². The van der Waals surface area contributed by atoms with E-state index in [0.717, 1.165) is 4.90 Å². The van der Waals surface area contributed by atoms with Crippen molar-refractivity contribution in [1.29, 1.82) is 0 Å². The maximum absolute atomic E-state index is 12.3. The highest BCUT2D eigenvalue weighted by atomic mass is 35.5. The highest BCUT2D eigenvalue weighted by molar-refractivity contribution is 8.01. The van der Waals surface area contributed by atoms with Crippen LogP contribution in [0.3, 0.4) is 0 Å². The van der Waals surface area contributed by atoms with E-state index in [0.29, 0.717) is 10.7 Å². The molecule has 1 heterocycles. The second-order valence-corrected chi connectivity index (χ2v) is 7.32. The first-order chi connectivity index (χ1) is 11.3. The maximum atomic E-state index is 12.3. The zero-order valence-electron chi connectivity index (χ0n) is 13.7. The second kappa shape index (κ2) is 7.90. The third-order valence-corrected chi connectivity index (χ3v) is 5.21. The van der Waals surface area contributed by atoms with Crippen molar-refractivity contribution in [2.75, 3.05) is 26.0 Å². The summed E-state index contributed by atoms with van der Waals surface area (Å²) in [5, 5.41) is 2.80. The van der Waals surface area contributed by atoms with E-state index in [1.165, 1.54) is 23.8 Å². The molecule has 130 valence electrons. The number of amides is 2. The largest absolute Gasteiger partial charge is 0.469 e. The van der Waals surface area contributed by atoms with Crippen LogP contribution in [0.4, 0.5) is 5.69 Å². The number of ether oxygens (including phenoxy) is 1. The Balaban J connectivity index is 1.98. The lowest BCUT2D eigenvalue weighted by molar-refractivity contribution is -0.146. The van der Waals surface area contributed by atoms with Gasteiger partial charge >= 0.3 is 5.97 Å². The Bertz CT molecular complexity index is 667. The summed E-state index contributed by atoms with van der Waals surface area (Å²) in [4.78, 5) is 38.3. The van der Waals surface area contributed by atoms with Gasteiger partial charge in [0, 0.05) is 29.9 Å². The average Bonchev–Trinajstić information content (AvgIpc) is 2.54. The fraction of sp³-hybridized carbons (Fsp3) is 0.438. The molecule has 2 amide bonds. The van der Waals surface area contributed by atoms with E-state index >= 15 is 0 Å². The predicted octanol–water partition coefficient (Wildman–Crippen LogP) is 2.41. The highest BCUT2D eigenvalue weighted by Gasteiger charge is 2.30. The van der Waals surface area contributed by atoms with Gasteiger partial charge in [-0.2, -0.15) is 0 Å². The molecule has 6 nitrogen and oxygen atoms in total. The number of halogens is 1. The Morgan fingerprint density at radius 3 is 2.83 bits per heavy atom. The second-order valence-electron chi connectivity index (χ2n) is 5.64. The first-order valence-corrected chi connectivity index (χ1v) is 8.66. The third kappa shape index (κ3) is 4.42. The number of methoxy groups -OCH3 is 1. The number of rotatable bonds is 5. The van der Waals surface area contributed by atoms with E-state index in [9.17, 15) is 14.4 Å². The number of carbonyl (C=O) groups is 3. The van der Waals surface area contributed by atoms with Gasteiger partial charge in [-0.15, -0.1) is 11.8 Å². The number of thioether (sulfide) groups is 1. The SMILES string of the molecule is COC(=O)C(C)CN(C)C(=O)CC1Sc2ccc(Cl)cc2NC1=O. The third-order valence-electron chi connectivity index (χ3n) is 3.70. The molecule has 0 radical (unpaired) electrons. The molecule has 2 atom stereocenters. The van der Waals surface area contributed by atoms with Crippen molar-refractivity contribution in [3.05, 3.63) is 23.2 Å². The Hall–Kier alpha value is -1.73. The van der Waals surface area contributed by atoms with Crippen LogP contribution in [-0.4, -0.2) is 48.6 Å². The monoisotopic (exact) mass is 370 g/mol. The molecule has 24 heavy (non-hydrogen) atoms. The molecule has 0 fully saturated rings. The summed E-state index contributed by atoms with van der Waals surface area (Å²) in [6.07, 6.45) is 0.0585. The van der Waals surface area contributed by atoms with Gasteiger partial charge in [0.1, 0.15) is 0 Å². The summed E-state index contributed by atoms with van der Waals surface area (Å²) >= 11 is 7.25. The standard InChI is InChI=1S/C16H19ClN2O4S/c1-9(16(22)23-3)8-19(2)14(20)7-13-15(21)18-11-6-10(17)4-5-12(11)24-13/h4-6,9,13H,7-8H2,1-3H3,(H,18,21). The number of hydrogen-bond acceptors (Lipinski definition) is 5. The lowest BCUT2D eigenvalue weighted by Crippen LogP contribution is -2.38. The molecule has 0 aliphatic carbocycles. The first kappa shape index (κ1) is 18.6. The molecule has 0 saturated carbocycles. The van der Waals surface area contributed by atoms with E-state index in [4.69, 9.17) is 11.6 Å². The van der Waals surface area contributed by atoms with Gasteiger partial charge in [-0.25, -0.2) is 0 Å². The normalized spacial score (nSPS) is 17.5. The van der Waals surface area contributed by atoms with Gasteiger partial charge in [0.25, 0.3) is 0 Å². The Morgan fingerprint density at radius 2 is 2.17 bits per heavy atom. The molecule has 1 aromatic carbocycles. The Labute approximate surface area is 149 Å². The van der Waals surface area contributed by atoms with Crippen molar-refractivity contribution in [3.8, 4) is 0 Å². The summed E-state index contributed by atoms with van der Waals surface area (Å²) < 4.78 is 4.65. The molecule has 1 aromatic rings. The molecule has 2 rings (SSSR count). The van der Waals surface area contributed by atoms with Gasteiger partial charge in [0.05, 0.1) is 24.0 Å². The number of nitrogens with one attached hydrogen (secondary N) is 1. The molecule has 0 spiro atoms. The maximum Gasteiger partial charge on any atom is 0.310 e. The quantitative estimate of drug-likeness (QED) is 0.805. The van der Waals surface area contributed by atoms with Crippen molar-refractivity contribution < 1.29 is 19.1 Å². The van der Waals surface area contributed by atoms with E-state index in [2.05, 4.69) is 10.1 Å². The zero-order chi connectivity index (χ0) is 17.9. The molecule has 8 heteroatoms. The molecule has 0 saturated heterocycles. The van der Waals surface area contributed by atoms with Gasteiger partial charge < -0.3 is 15.0 Å². The van der Waals surface area contributed by atoms with Crippen molar-refractivity contribution in [1.82, 2.24) is 4.90 Å². The van der Waals surface area contributed by atoms with Crippen molar-refractivity contribution in [3.63, 3.8) is 0 Å². The lowest BCUT2D eigenvalue weighted by Gasteiger charge is -2.26. The smallest absolute Gasteiger partial charge is 0.310 e. The summed E-state index contributed by atoms with van der Waals surface area (Å²) in [5.74, 6) is -1.21.